The number of amides is 1. The third kappa shape index (κ3) is 4.64. The summed E-state index contributed by atoms with van der Waals surface area (Å²) in [7, 11) is 0. The van der Waals surface area contributed by atoms with E-state index in [0.717, 1.165) is 28.2 Å². The topological polar surface area (TPSA) is 55.8 Å². The van der Waals surface area contributed by atoms with Gasteiger partial charge in [-0.1, -0.05) is 44.5 Å². The van der Waals surface area contributed by atoms with Gasteiger partial charge >= 0.3 is 0 Å². The molecule has 0 bridgehead atoms. The number of fused-ring (bicyclic) bond motifs is 1. The second-order valence-electron chi connectivity index (χ2n) is 10.7. The number of aryl methyl sites for hydroxylation is 2. The molecule has 2 aliphatic rings. The molecule has 2 heterocycles. The molecule has 0 N–H and O–H groups in total. The monoisotopic (exact) mass is 449 g/mol. The lowest BCUT2D eigenvalue weighted by Gasteiger charge is -2.44. The van der Waals surface area contributed by atoms with Crippen molar-refractivity contribution in [2.24, 2.45) is 0 Å². The van der Waals surface area contributed by atoms with Gasteiger partial charge in [0.25, 0.3) is 5.91 Å². The van der Waals surface area contributed by atoms with Gasteiger partial charge in [0.05, 0.1) is 12.0 Å². The standard InChI is InChI=1S/C28H35NO4/c1-18-7-10-24(22(15-18)27(4,5)6)32-17-25(31)29-13-11-28(12-14-29)16-23(30)21-9-8-19(2)20(3)26(21)33-28/h7-10,15H,11-14,16-17H2,1-6H3. The third-order valence-electron chi connectivity index (χ3n) is 7.10. The summed E-state index contributed by atoms with van der Waals surface area (Å²) in [5.41, 5.74) is 4.52. The molecule has 0 saturated carbocycles. The van der Waals surface area contributed by atoms with Crippen molar-refractivity contribution < 1.29 is 19.1 Å². The second-order valence-corrected chi connectivity index (χ2v) is 10.7. The summed E-state index contributed by atoms with van der Waals surface area (Å²) in [5.74, 6) is 1.60. The Kier molecular flexibility index (Phi) is 6.02. The van der Waals surface area contributed by atoms with Gasteiger partial charge in [-0.15, -0.1) is 0 Å². The summed E-state index contributed by atoms with van der Waals surface area (Å²) in [5, 5.41) is 0. The highest BCUT2D eigenvalue weighted by molar-refractivity contribution is 6.01. The van der Waals surface area contributed by atoms with Crippen molar-refractivity contribution in [1.29, 1.82) is 0 Å². The molecular weight excluding hydrogens is 414 g/mol. The number of hydrogen-bond acceptors (Lipinski definition) is 4. The lowest BCUT2D eigenvalue weighted by molar-refractivity contribution is -0.137. The van der Waals surface area contributed by atoms with E-state index in [-0.39, 0.29) is 23.7 Å². The molecule has 0 radical (unpaired) electrons. The third-order valence-corrected chi connectivity index (χ3v) is 7.10. The molecule has 1 spiro atoms. The van der Waals surface area contributed by atoms with Crippen LogP contribution in [0.2, 0.25) is 0 Å². The molecule has 1 fully saturated rings. The molecule has 0 unspecified atom stereocenters. The van der Waals surface area contributed by atoms with E-state index in [4.69, 9.17) is 9.47 Å². The Bertz CT molecular complexity index is 1090. The van der Waals surface area contributed by atoms with Gasteiger partial charge < -0.3 is 14.4 Å². The fourth-order valence-electron chi connectivity index (χ4n) is 4.81. The minimum Gasteiger partial charge on any atom is -0.486 e. The average Bonchev–Trinajstić information content (AvgIpc) is 2.75. The molecule has 5 heteroatoms. The van der Waals surface area contributed by atoms with Crippen LogP contribution in [0.4, 0.5) is 0 Å². The summed E-state index contributed by atoms with van der Waals surface area (Å²) in [6.07, 6.45) is 1.67. The largest absolute Gasteiger partial charge is 0.486 e. The number of nitrogens with zero attached hydrogens (tertiary/aromatic N) is 1. The van der Waals surface area contributed by atoms with E-state index in [1.807, 2.05) is 43.0 Å². The van der Waals surface area contributed by atoms with Crippen LogP contribution in [-0.2, 0) is 10.2 Å². The molecule has 0 atom stereocenters. The maximum atomic E-state index is 12.9. The molecule has 1 amide bonds. The van der Waals surface area contributed by atoms with Crippen LogP contribution in [0.15, 0.2) is 30.3 Å². The smallest absolute Gasteiger partial charge is 0.260 e. The minimum absolute atomic E-state index is 0.0140. The SMILES string of the molecule is Cc1ccc(OCC(=O)N2CCC3(CC2)CC(=O)c2ccc(C)c(C)c2O3)c(C(C)(C)C)c1. The molecule has 0 aromatic heterocycles. The first-order chi connectivity index (χ1) is 15.5. The van der Waals surface area contributed by atoms with Crippen molar-refractivity contribution in [1.82, 2.24) is 4.90 Å². The Morgan fingerprint density at radius 3 is 2.45 bits per heavy atom. The molecule has 33 heavy (non-hydrogen) atoms. The fourth-order valence-corrected chi connectivity index (χ4v) is 4.81. The molecule has 176 valence electrons. The van der Waals surface area contributed by atoms with Crippen LogP contribution in [0.5, 0.6) is 11.5 Å². The van der Waals surface area contributed by atoms with E-state index >= 15 is 0 Å². The summed E-state index contributed by atoms with van der Waals surface area (Å²) in [6.45, 7) is 13.7. The van der Waals surface area contributed by atoms with Gasteiger partial charge in [-0.3, -0.25) is 9.59 Å². The van der Waals surface area contributed by atoms with Gasteiger partial charge in [0.1, 0.15) is 17.1 Å². The van der Waals surface area contributed by atoms with Gasteiger partial charge in [0, 0.05) is 25.9 Å². The van der Waals surface area contributed by atoms with E-state index in [9.17, 15) is 9.59 Å². The maximum absolute atomic E-state index is 12.9. The van der Waals surface area contributed by atoms with Crippen LogP contribution in [-0.4, -0.2) is 41.9 Å². The van der Waals surface area contributed by atoms with E-state index in [2.05, 4.69) is 33.8 Å². The van der Waals surface area contributed by atoms with Crippen LogP contribution < -0.4 is 9.47 Å². The molecule has 4 rings (SSSR count). The van der Waals surface area contributed by atoms with Crippen molar-refractivity contribution in [3.8, 4) is 11.5 Å². The number of likely N-dealkylation sites (tertiary alicyclic amines) is 1. The molecule has 2 aromatic carbocycles. The number of hydrogen-bond donors (Lipinski definition) is 0. The van der Waals surface area contributed by atoms with Crippen molar-refractivity contribution in [3.63, 3.8) is 0 Å². The van der Waals surface area contributed by atoms with Gasteiger partial charge in [-0.2, -0.15) is 0 Å². The summed E-state index contributed by atoms with van der Waals surface area (Å²) >= 11 is 0. The predicted octanol–water partition coefficient (Wildman–Crippen LogP) is 5.31. The summed E-state index contributed by atoms with van der Waals surface area (Å²) < 4.78 is 12.5. The summed E-state index contributed by atoms with van der Waals surface area (Å²) in [6, 6.07) is 9.95. The van der Waals surface area contributed by atoms with Crippen molar-refractivity contribution in [3.05, 3.63) is 58.1 Å². The van der Waals surface area contributed by atoms with Crippen molar-refractivity contribution >= 4 is 11.7 Å². The normalized spacial score (nSPS) is 17.5. The Balaban J connectivity index is 1.40. The zero-order valence-corrected chi connectivity index (χ0v) is 20.7. The first-order valence-electron chi connectivity index (χ1n) is 11.8. The van der Waals surface area contributed by atoms with Gasteiger partial charge in [0.15, 0.2) is 12.4 Å². The lowest BCUT2D eigenvalue weighted by Crippen LogP contribution is -2.53. The van der Waals surface area contributed by atoms with E-state index in [1.165, 1.54) is 5.56 Å². The zero-order valence-electron chi connectivity index (χ0n) is 20.7. The van der Waals surface area contributed by atoms with Crippen LogP contribution in [0.1, 0.15) is 72.6 Å². The molecule has 2 aromatic rings. The van der Waals surface area contributed by atoms with Crippen molar-refractivity contribution in [2.45, 2.75) is 71.8 Å². The number of benzene rings is 2. The highest BCUT2D eigenvalue weighted by Crippen LogP contribution is 2.42. The maximum Gasteiger partial charge on any atom is 0.260 e. The molecular formula is C28H35NO4. The first kappa shape index (κ1) is 23.3. The molecule has 0 aliphatic carbocycles. The van der Waals surface area contributed by atoms with Gasteiger partial charge in [-0.25, -0.2) is 0 Å². The highest BCUT2D eigenvalue weighted by atomic mass is 16.5. The lowest BCUT2D eigenvalue weighted by atomic mass is 9.81. The van der Waals surface area contributed by atoms with Crippen LogP contribution in [0, 0.1) is 20.8 Å². The Morgan fingerprint density at radius 2 is 1.79 bits per heavy atom. The predicted molar refractivity (Wildman–Crippen MR) is 129 cm³/mol. The van der Waals surface area contributed by atoms with Gasteiger partial charge in [0.2, 0.25) is 0 Å². The minimum atomic E-state index is -0.517. The quantitative estimate of drug-likeness (QED) is 0.637. The van der Waals surface area contributed by atoms with E-state index in [0.29, 0.717) is 37.9 Å². The molecule has 1 saturated heterocycles. The second kappa shape index (κ2) is 8.51. The zero-order chi connectivity index (χ0) is 24.0. The van der Waals surface area contributed by atoms with Crippen LogP contribution >= 0.6 is 0 Å². The fraction of sp³-hybridized carbons (Fsp3) is 0.500. The number of rotatable bonds is 3. The number of ketones is 1. The first-order valence-corrected chi connectivity index (χ1v) is 11.8. The van der Waals surface area contributed by atoms with E-state index < -0.39 is 5.60 Å². The summed E-state index contributed by atoms with van der Waals surface area (Å²) in [4.78, 5) is 27.6. The van der Waals surface area contributed by atoms with Crippen LogP contribution in [0.25, 0.3) is 0 Å². The van der Waals surface area contributed by atoms with E-state index in [1.54, 1.807) is 0 Å². The number of carbonyl (C=O) groups is 2. The Hall–Kier alpha value is -2.82. The molecule has 2 aliphatic heterocycles. The Labute approximate surface area is 197 Å². The van der Waals surface area contributed by atoms with Gasteiger partial charge in [-0.05, 0) is 55.0 Å². The average molecular weight is 450 g/mol. The van der Waals surface area contributed by atoms with Crippen molar-refractivity contribution in [2.75, 3.05) is 19.7 Å². The molecule has 5 nitrogen and oxygen atoms in total. The highest BCUT2D eigenvalue weighted by Gasteiger charge is 2.44. The number of Topliss-reactive ketones (excluding diaryl/α,β-unsaturated/α-hetero) is 1. The number of piperidine rings is 1. The number of ether oxygens (including phenoxy) is 2. The Morgan fingerprint density at radius 1 is 1.09 bits per heavy atom. The van der Waals surface area contributed by atoms with Crippen LogP contribution in [0.3, 0.4) is 0 Å². The number of carbonyl (C=O) groups excluding carboxylic acids is 2.